The van der Waals surface area contributed by atoms with Gasteiger partial charge in [0.25, 0.3) is 0 Å². The lowest BCUT2D eigenvalue weighted by Crippen LogP contribution is -2.32. The van der Waals surface area contributed by atoms with E-state index in [4.69, 9.17) is 5.73 Å². The summed E-state index contributed by atoms with van der Waals surface area (Å²) in [7, 11) is 0. The minimum absolute atomic E-state index is 0.512. The smallest absolute Gasteiger partial charge is 0.188 e. The van der Waals surface area contributed by atoms with Gasteiger partial charge in [0.05, 0.1) is 18.3 Å². The van der Waals surface area contributed by atoms with Crippen LogP contribution in [-0.2, 0) is 12.8 Å². The number of aliphatic imine (C=N–C) groups is 1. The first kappa shape index (κ1) is 15.1. The highest BCUT2D eigenvalue weighted by Gasteiger charge is 2.00. The predicted octanol–water partition coefficient (Wildman–Crippen LogP) is 0.911. The zero-order valence-corrected chi connectivity index (χ0v) is 12.4. The van der Waals surface area contributed by atoms with Crippen molar-refractivity contribution in [1.82, 2.24) is 25.3 Å². The average molecular weight is 289 g/mol. The molecule has 2 heterocycles. The van der Waals surface area contributed by atoms with Gasteiger partial charge >= 0.3 is 0 Å². The van der Waals surface area contributed by atoms with Gasteiger partial charge < -0.3 is 21.0 Å². The Balaban J connectivity index is 1.55. The third-order valence-electron chi connectivity index (χ3n) is 3.27. The number of hydrogen-bond donors (Lipinski definition) is 4. The van der Waals surface area contributed by atoms with E-state index in [2.05, 4.69) is 30.2 Å². The quantitative estimate of drug-likeness (QED) is 0.329. The monoisotopic (exact) mass is 289 g/mol. The summed E-state index contributed by atoms with van der Waals surface area (Å²) in [5.74, 6) is 0.512. The summed E-state index contributed by atoms with van der Waals surface area (Å²) in [4.78, 5) is 18.7. The van der Waals surface area contributed by atoms with Gasteiger partial charge in [0.2, 0.25) is 0 Å². The van der Waals surface area contributed by atoms with E-state index in [0.717, 1.165) is 55.9 Å². The van der Waals surface area contributed by atoms with Crippen LogP contribution in [0.15, 0.2) is 23.8 Å². The van der Waals surface area contributed by atoms with Crippen molar-refractivity contribution in [2.24, 2.45) is 10.7 Å². The Morgan fingerprint density at radius 3 is 2.90 bits per heavy atom. The minimum Gasteiger partial charge on any atom is -0.370 e. The van der Waals surface area contributed by atoms with Crippen LogP contribution in [0.2, 0.25) is 0 Å². The SMILES string of the molecule is Cc1[nH]cnc1CCCNC(N)=NCCCc1cnc[nH]1. The van der Waals surface area contributed by atoms with Crippen molar-refractivity contribution in [1.29, 1.82) is 0 Å². The Morgan fingerprint density at radius 1 is 1.29 bits per heavy atom. The van der Waals surface area contributed by atoms with Crippen LogP contribution in [-0.4, -0.2) is 39.0 Å². The highest BCUT2D eigenvalue weighted by atomic mass is 15.1. The molecule has 0 unspecified atom stereocenters. The number of imidazole rings is 2. The van der Waals surface area contributed by atoms with Crippen molar-refractivity contribution < 1.29 is 0 Å². The lowest BCUT2D eigenvalue weighted by Gasteiger charge is -2.05. The molecule has 0 fully saturated rings. The maximum Gasteiger partial charge on any atom is 0.188 e. The fourth-order valence-electron chi connectivity index (χ4n) is 2.06. The van der Waals surface area contributed by atoms with Crippen molar-refractivity contribution in [3.05, 3.63) is 35.9 Å². The summed E-state index contributed by atoms with van der Waals surface area (Å²) in [6.45, 7) is 3.56. The molecule has 0 atom stereocenters. The van der Waals surface area contributed by atoms with E-state index >= 15 is 0 Å². The molecule has 7 heteroatoms. The van der Waals surface area contributed by atoms with Crippen molar-refractivity contribution in [3.63, 3.8) is 0 Å². The molecule has 0 aromatic carbocycles. The third-order valence-corrected chi connectivity index (χ3v) is 3.27. The van der Waals surface area contributed by atoms with Crippen LogP contribution in [0.1, 0.15) is 29.9 Å². The Labute approximate surface area is 124 Å². The number of aromatic amines is 2. The first-order valence-corrected chi connectivity index (χ1v) is 7.25. The van der Waals surface area contributed by atoms with Gasteiger partial charge in [-0.15, -0.1) is 0 Å². The highest BCUT2D eigenvalue weighted by Crippen LogP contribution is 2.03. The third kappa shape index (κ3) is 5.29. The molecule has 0 saturated heterocycles. The van der Waals surface area contributed by atoms with Crippen molar-refractivity contribution in [2.45, 2.75) is 32.6 Å². The molecule has 0 spiro atoms. The lowest BCUT2D eigenvalue weighted by molar-refractivity contribution is 0.747. The molecule has 0 radical (unpaired) electrons. The number of H-pyrrole nitrogens is 2. The fraction of sp³-hybridized carbons (Fsp3) is 0.500. The summed E-state index contributed by atoms with van der Waals surface area (Å²) in [6, 6.07) is 0. The van der Waals surface area contributed by atoms with Gasteiger partial charge in [-0.25, -0.2) is 9.97 Å². The second-order valence-corrected chi connectivity index (χ2v) is 4.95. The number of nitrogens with two attached hydrogens (primary N) is 1. The van der Waals surface area contributed by atoms with E-state index in [1.165, 1.54) is 0 Å². The first-order valence-electron chi connectivity index (χ1n) is 7.25. The van der Waals surface area contributed by atoms with Gasteiger partial charge in [-0.05, 0) is 32.6 Å². The van der Waals surface area contributed by atoms with Crippen LogP contribution in [0.25, 0.3) is 0 Å². The van der Waals surface area contributed by atoms with Gasteiger partial charge in [-0.3, -0.25) is 4.99 Å². The van der Waals surface area contributed by atoms with Gasteiger partial charge in [0, 0.05) is 30.7 Å². The molecule has 0 aliphatic heterocycles. The average Bonchev–Trinajstić information content (AvgIpc) is 3.12. The lowest BCUT2D eigenvalue weighted by atomic mass is 10.2. The molecule has 0 aliphatic rings. The Hall–Kier alpha value is -2.31. The van der Waals surface area contributed by atoms with Gasteiger partial charge in [-0.2, -0.15) is 0 Å². The van der Waals surface area contributed by atoms with Crippen LogP contribution >= 0.6 is 0 Å². The Morgan fingerprint density at radius 2 is 2.19 bits per heavy atom. The zero-order valence-electron chi connectivity index (χ0n) is 12.4. The Bertz CT molecular complexity index is 541. The molecule has 7 nitrogen and oxygen atoms in total. The van der Waals surface area contributed by atoms with Crippen molar-refractivity contribution >= 4 is 5.96 Å². The number of guanidine groups is 1. The summed E-state index contributed by atoms with van der Waals surface area (Å²) >= 11 is 0. The second-order valence-electron chi connectivity index (χ2n) is 4.95. The molecule has 5 N–H and O–H groups in total. The van der Waals surface area contributed by atoms with Crippen molar-refractivity contribution in [2.75, 3.05) is 13.1 Å². The maximum absolute atomic E-state index is 5.82. The zero-order chi connectivity index (χ0) is 14.9. The number of hydrogen-bond acceptors (Lipinski definition) is 3. The molecule has 2 rings (SSSR count). The minimum atomic E-state index is 0.512. The molecule has 0 bridgehead atoms. The Kier molecular flexibility index (Phi) is 5.81. The number of nitrogens with zero attached hydrogens (tertiary/aromatic N) is 3. The number of nitrogens with one attached hydrogen (secondary N) is 3. The van der Waals surface area contributed by atoms with Crippen LogP contribution in [0.3, 0.4) is 0 Å². The van der Waals surface area contributed by atoms with E-state index in [1.807, 2.05) is 13.1 Å². The van der Waals surface area contributed by atoms with Crippen molar-refractivity contribution in [3.8, 4) is 0 Å². The van der Waals surface area contributed by atoms with E-state index in [9.17, 15) is 0 Å². The number of aromatic nitrogens is 4. The molecule has 0 amide bonds. The van der Waals surface area contributed by atoms with E-state index in [0.29, 0.717) is 5.96 Å². The molecule has 2 aromatic heterocycles. The molecule has 0 saturated carbocycles. The largest absolute Gasteiger partial charge is 0.370 e. The number of rotatable bonds is 8. The van der Waals surface area contributed by atoms with Crippen LogP contribution in [0, 0.1) is 6.92 Å². The second kappa shape index (κ2) is 8.08. The molecule has 114 valence electrons. The molecule has 2 aromatic rings. The summed E-state index contributed by atoms with van der Waals surface area (Å²) in [5.41, 5.74) is 9.20. The van der Waals surface area contributed by atoms with Crippen LogP contribution in [0.5, 0.6) is 0 Å². The topological polar surface area (TPSA) is 108 Å². The molecular weight excluding hydrogens is 266 g/mol. The van der Waals surface area contributed by atoms with E-state index in [-0.39, 0.29) is 0 Å². The van der Waals surface area contributed by atoms with Gasteiger partial charge in [0.15, 0.2) is 5.96 Å². The molecule has 0 aliphatic carbocycles. The fourth-order valence-corrected chi connectivity index (χ4v) is 2.06. The first-order chi connectivity index (χ1) is 10.3. The van der Waals surface area contributed by atoms with Gasteiger partial charge in [0.1, 0.15) is 0 Å². The normalized spacial score (nSPS) is 11.8. The summed E-state index contributed by atoms with van der Waals surface area (Å²) in [6.07, 6.45) is 9.07. The standard InChI is InChI=1S/C14H23N7/c1-11-13(21-10-19-11)5-3-7-18-14(15)17-6-2-4-12-8-16-9-20-12/h8-10H,2-7H2,1H3,(H,16,20)(H,19,21)(H3,15,17,18). The van der Waals surface area contributed by atoms with E-state index < -0.39 is 0 Å². The number of aryl methyl sites for hydroxylation is 3. The molecule has 21 heavy (non-hydrogen) atoms. The van der Waals surface area contributed by atoms with Crippen LogP contribution < -0.4 is 11.1 Å². The van der Waals surface area contributed by atoms with E-state index in [1.54, 1.807) is 12.7 Å². The molecular formula is C14H23N7. The van der Waals surface area contributed by atoms with Crippen LogP contribution in [0.4, 0.5) is 0 Å². The summed E-state index contributed by atoms with van der Waals surface area (Å²) < 4.78 is 0. The summed E-state index contributed by atoms with van der Waals surface area (Å²) in [5, 5.41) is 3.13. The highest BCUT2D eigenvalue weighted by molar-refractivity contribution is 5.77. The maximum atomic E-state index is 5.82. The predicted molar refractivity (Wildman–Crippen MR) is 83.0 cm³/mol. The van der Waals surface area contributed by atoms with Gasteiger partial charge in [-0.1, -0.05) is 0 Å².